The highest BCUT2D eigenvalue weighted by molar-refractivity contribution is 5.92. The van der Waals surface area contributed by atoms with Crippen molar-refractivity contribution in [1.82, 2.24) is 5.01 Å². The number of methoxy groups -OCH3 is 1. The van der Waals surface area contributed by atoms with E-state index in [-0.39, 0.29) is 6.03 Å². The summed E-state index contributed by atoms with van der Waals surface area (Å²) < 4.78 is 4.92. The van der Waals surface area contributed by atoms with Gasteiger partial charge in [0.05, 0.1) is 13.7 Å². The molecule has 0 saturated heterocycles. The quantitative estimate of drug-likeness (QED) is 0.580. The van der Waals surface area contributed by atoms with Crippen molar-refractivity contribution in [2.24, 2.45) is 5.10 Å². The summed E-state index contributed by atoms with van der Waals surface area (Å²) in [6.07, 6.45) is 0. The minimum Gasteiger partial charge on any atom is -0.483 e. The van der Waals surface area contributed by atoms with Crippen molar-refractivity contribution in [2.75, 3.05) is 12.4 Å². The van der Waals surface area contributed by atoms with Gasteiger partial charge in [-0.3, -0.25) is 0 Å². The fourth-order valence-corrected chi connectivity index (χ4v) is 1.48. The molecule has 0 atom stereocenters. The summed E-state index contributed by atoms with van der Waals surface area (Å²) >= 11 is 0. The SMILES string of the molecule is COC(C)=NN1Cc2ccccc2NC1=O. The van der Waals surface area contributed by atoms with Crippen molar-refractivity contribution in [3.05, 3.63) is 29.8 Å². The molecule has 1 aromatic rings. The molecule has 1 aliphatic rings. The smallest absolute Gasteiger partial charge is 0.342 e. The monoisotopic (exact) mass is 219 g/mol. The Bertz CT molecular complexity index is 443. The van der Waals surface area contributed by atoms with E-state index < -0.39 is 0 Å². The van der Waals surface area contributed by atoms with Gasteiger partial charge in [-0.15, -0.1) is 5.10 Å². The second kappa shape index (κ2) is 4.22. The number of anilines is 1. The summed E-state index contributed by atoms with van der Waals surface area (Å²) in [5.74, 6) is 0.453. The predicted molar refractivity (Wildman–Crippen MR) is 61.1 cm³/mol. The predicted octanol–water partition coefficient (Wildman–Crippen LogP) is 2.01. The molecule has 1 aliphatic heterocycles. The fourth-order valence-electron chi connectivity index (χ4n) is 1.48. The molecule has 0 saturated carbocycles. The van der Waals surface area contributed by atoms with Gasteiger partial charge in [-0.1, -0.05) is 18.2 Å². The van der Waals surface area contributed by atoms with E-state index in [0.717, 1.165) is 11.3 Å². The van der Waals surface area contributed by atoms with Gasteiger partial charge in [0.15, 0.2) is 0 Å². The lowest BCUT2D eigenvalue weighted by Crippen LogP contribution is -2.35. The Kier molecular flexibility index (Phi) is 2.76. The van der Waals surface area contributed by atoms with Gasteiger partial charge in [0.25, 0.3) is 0 Å². The number of hydrogen-bond donors (Lipinski definition) is 1. The van der Waals surface area contributed by atoms with Crippen molar-refractivity contribution in [3.63, 3.8) is 0 Å². The molecule has 84 valence electrons. The average Bonchev–Trinajstić information content (AvgIpc) is 2.30. The molecular formula is C11H13N3O2. The van der Waals surface area contributed by atoms with Crippen LogP contribution in [0.25, 0.3) is 0 Å². The number of nitrogens with one attached hydrogen (secondary N) is 1. The number of ether oxygens (including phenoxy) is 1. The Labute approximate surface area is 93.7 Å². The molecular weight excluding hydrogens is 206 g/mol. The first-order valence-electron chi connectivity index (χ1n) is 4.96. The lowest BCUT2D eigenvalue weighted by atomic mass is 10.1. The molecule has 1 N–H and O–H groups in total. The third kappa shape index (κ3) is 1.98. The van der Waals surface area contributed by atoms with Gasteiger partial charge < -0.3 is 10.1 Å². The normalized spacial score (nSPS) is 15.5. The van der Waals surface area contributed by atoms with Gasteiger partial charge in [-0.25, -0.2) is 9.80 Å². The minimum atomic E-state index is -0.241. The lowest BCUT2D eigenvalue weighted by Gasteiger charge is -2.25. The van der Waals surface area contributed by atoms with Gasteiger partial charge in [-0.2, -0.15) is 0 Å². The number of rotatable bonds is 1. The highest BCUT2D eigenvalue weighted by atomic mass is 16.5. The number of fused-ring (bicyclic) bond motifs is 1. The molecule has 1 aromatic carbocycles. The summed E-state index contributed by atoms with van der Waals surface area (Å²) in [4.78, 5) is 11.7. The number of hydrazone groups is 1. The van der Waals surface area contributed by atoms with Crippen LogP contribution in [-0.2, 0) is 11.3 Å². The highest BCUT2D eigenvalue weighted by Crippen LogP contribution is 2.22. The number of amides is 2. The van der Waals surface area contributed by atoms with Gasteiger partial charge in [0.1, 0.15) is 0 Å². The van der Waals surface area contributed by atoms with Crippen molar-refractivity contribution >= 4 is 17.6 Å². The number of benzene rings is 1. The van der Waals surface area contributed by atoms with Crippen LogP contribution >= 0.6 is 0 Å². The van der Waals surface area contributed by atoms with E-state index in [1.165, 1.54) is 12.1 Å². The van der Waals surface area contributed by atoms with Gasteiger partial charge in [0.2, 0.25) is 5.90 Å². The zero-order chi connectivity index (χ0) is 11.5. The Hall–Kier alpha value is -2.04. The number of carbonyl (C=O) groups is 1. The van der Waals surface area contributed by atoms with Gasteiger partial charge in [0, 0.05) is 12.6 Å². The zero-order valence-corrected chi connectivity index (χ0v) is 9.23. The van der Waals surface area contributed by atoms with Crippen LogP contribution in [0.3, 0.4) is 0 Å². The van der Waals surface area contributed by atoms with E-state index >= 15 is 0 Å². The van der Waals surface area contributed by atoms with Crippen molar-refractivity contribution < 1.29 is 9.53 Å². The standard InChI is InChI=1S/C11H13N3O2/c1-8(16-2)13-14-7-9-5-3-4-6-10(9)12-11(14)15/h3-6H,7H2,1-2H3,(H,12,15). The number of carbonyl (C=O) groups excluding carboxylic acids is 1. The molecule has 0 aliphatic carbocycles. The minimum absolute atomic E-state index is 0.241. The first-order valence-corrected chi connectivity index (χ1v) is 4.96. The molecule has 2 rings (SSSR count). The number of nitrogens with zero attached hydrogens (tertiary/aromatic N) is 2. The van der Waals surface area contributed by atoms with Crippen LogP contribution in [0.5, 0.6) is 0 Å². The van der Waals surface area contributed by atoms with Crippen molar-refractivity contribution in [1.29, 1.82) is 0 Å². The van der Waals surface area contributed by atoms with Crippen molar-refractivity contribution in [2.45, 2.75) is 13.5 Å². The van der Waals surface area contributed by atoms with E-state index in [2.05, 4.69) is 10.4 Å². The summed E-state index contributed by atoms with van der Waals surface area (Å²) in [6.45, 7) is 2.16. The molecule has 2 amide bonds. The van der Waals surface area contributed by atoms with Gasteiger partial charge >= 0.3 is 6.03 Å². The van der Waals surface area contributed by atoms with Gasteiger partial charge in [-0.05, 0) is 11.6 Å². The van der Waals surface area contributed by atoms with E-state index in [9.17, 15) is 4.79 Å². The molecule has 1 heterocycles. The van der Waals surface area contributed by atoms with Crippen LogP contribution in [0.1, 0.15) is 12.5 Å². The second-order valence-electron chi connectivity index (χ2n) is 3.47. The Morgan fingerprint density at radius 2 is 2.25 bits per heavy atom. The van der Waals surface area contributed by atoms with Crippen molar-refractivity contribution in [3.8, 4) is 0 Å². The molecule has 0 fully saturated rings. The zero-order valence-electron chi connectivity index (χ0n) is 9.23. The summed E-state index contributed by atoms with van der Waals surface area (Å²) in [5, 5.41) is 8.16. The second-order valence-corrected chi connectivity index (χ2v) is 3.47. The molecule has 5 nitrogen and oxygen atoms in total. The molecule has 0 unspecified atom stereocenters. The Balaban J connectivity index is 2.25. The van der Waals surface area contributed by atoms with Crippen LogP contribution in [0.2, 0.25) is 0 Å². The maximum absolute atomic E-state index is 11.7. The first-order chi connectivity index (χ1) is 7.70. The topological polar surface area (TPSA) is 53.9 Å². The largest absolute Gasteiger partial charge is 0.483 e. The Morgan fingerprint density at radius 3 is 3.00 bits per heavy atom. The molecule has 0 spiro atoms. The molecule has 16 heavy (non-hydrogen) atoms. The van der Waals surface area contributed by atoms with E-state index in [4.69, 9.17) is 4.74 Å². The van der Waals surface area contributed by atoms with E-state index in [1.54, 1.807) is 6.92 Å². The van der Waals surface area contributed by atoms with E-state index in [1.807, 2.05) is 24.3 Å². The van der Waals surface area contributed by atoms with Crippen LogP contribution in [-0.4, -0.2) is 24.0 Å². The van der Waals surface area contributed by atoms with Crippen LogP contribution in [0.15, 0.2) is 29.4 Å². The number of urea groups is 1. The fraction of sp³-hybridized carbons (Fsp3) is 0.273. The van der Waals surface area contributed by atoms with Crippen LogP contribution < -0.4 is 5.32 Å². The first kappa shape index (κ1) is 10.5. The molecule has 0 radical (unpaired) electrons. The van der Waals surface area contributed by atoms with Crippen LogP contribution in [0.4, 0.5) is 10.5 Å². The number of para-hydroxylation sites is 1. The summed E-state index contributed by atoms with van der Waals surface area (Å²) in [5.41, 5.74) is 1.88. The highest BCUT2D eigenvalue weighted by Gasteiger charge is 2.21. The molecule has 0 bridgehead atoms. The number of hydrogen-bond acceptors (Lipinski definition) is 3. The maximum Gasteiger partial charge on any atom is 0.342 e. The molecule has 0 aromatic heterocycles. The molecule has 5 heteroatoms. The third-order valence-electron chi connectivity index (χ3n) is 2.37. The summed E-state index contributed by atoms with van der Waals surface area (Å²) in [6, 6.07) is 7.41. The van der Waals surface area contributed by atoms with E-state index in [0.29, 0.717) is 12.4 Å². The maximum atomic E-state index is 11.7. The lowest BCUT2D eigenvalue weighted by molar-refractivity contribution is 0.206. The van der Waals surface area contributed by atoms with Crippen LogP contribution in [0, 0.1) is 0 Å². The Morgan fingerprint density at radius 1 is 1.50 bits per heavy atom. The average molecular weight is 219 g/mol. The summed E-state index contributed by atoms with van der Waals surface area (Å²) in [7, 11) is 1.52. The third-order valence-corrected chi connectivity index (χ3v) is 2.37.